The summed E-state index contributed by atoms with van der Waals surface area (Å²) in [6.07, 6.45) is 1.12. The first-order valence-corrected chi connectivity index (χ1v) is 16.0. The predicted molar refractivity (Wildman–Crippen MR) is 161 cm³/mol. The van der Waals surface area contributed by atoms with E-state index in [0.29, 0.717) is 12.3 Å². The normalized spacial score (nSPS) is 16.1. The third-order valence-corrected chi connectivity index (χ3v) is 8.50. The van der Waals surface area contributed by atoms with Crippen molar-refractivity contribution >= 4 is 50.5 Å². The molecule has 1 aromatic heterocycles. The lowest BCUT2D eigenvalue weighted by Crippen LogP contribution is -2.31. The summed E-state index contributed by atoms with van der Waals surface area (Å²) in [4.78, 5) is 32.8. The number of benzene rings is 3. The molecule has 0 saturated carbocycles. The molecule has 1 aliphatic rings. The predicted octanol–water partition coefficient (Wildman–Crippen LogP) is 8.24. The molecule has 2 heterocycles. The monoisotopic (exact) mass is 670 g/mol. The van der Waals surface area contributed by atoms with Gasteiger partial charge < -0.3 is 10.1 Å². The SMILES string of the molecule is CCOCc1ccc(C)cc1N1C(=O)CS/C1=N\C(=O)Nc1ccc(-c2ncn(-c3ccc(S(F)(F)(F)(F)F)cc3)n2)cc1F. The molecule has 3 aromatic carbocycles. The third-order valence-electron chi connectivity index (χ3n) is 6.41. The molecule has 0 aliphatic carbocycles. The molecule has 1 fully saturated rings. The molecule has 9 nitrogen and oxygen atoms in total. The summed E-state index contributed by atoms with van der Waals surface area (Å²) in [5.41, 5.74) is 2.07. The summed E-state index contributed by atoms with van der Waals surface area (Å²) in [7, 11) is -9.83. The van der Waals surface area contributed by atoms with Gasteiger partial charge in [0.15, 0.2) is 11.0 Å². The number of rotatable bonds is 8. The first-order chi connectivity index (χ1) is 21.0. The largest absolute Gasteiger partial charge is 0.377 e. The van der Waals surface area contributed by atoms with Crippen LogP contribution < -0.4 is 10.2 Å². The maximum Gasteiger partial charge on any atom is 0.347 e. The maximum absolute atomic E-state index is 15.0. The number of aliphatic imine (C=N–C) groups is 1. The van der Waals surface area contributed by atoms with E-state index in [1.165, 1.54) is 17.0 Å². The first kappa shape index (κ1) is 32.1. The summed E-state index contributed by atoms with van der Waals surface area (Å²) in [6.45, 7) is 4.41. The zero-order chi connectivity index (χ0) is 32.6. The summed E-state index contributed by atoms with van der Waals surface area (Å²) in [5.74, 6) is -1.13. The molecule has 45 heavy (non-hydrogen) atoms. The van der Waals surface area contributed by atoms with Gasteiger partial charge >= 0.3 is 16.3 Å². The summed E-state index contributed by atoms with van der Waals surface area (Å²) >= 11 is 1.06. The average Bonchev–Trinajstić information content (AvgIpc) is 3.59. The number of nitrogens with one attached hydrogen (secondary N) is 1. The molecule has 238 valence electrons. The molecule has 1 aliphatic heterocycles. The van der Waals surface area contributed by atoms with Crippen molar-refractivity contribution in [2.75, 3.05) is 22.6 Å². The molecule has 3 amide bonds. The van der Waals surface area contributed by atoms with Gasteiger partial charge in [0.25, 0.3) is 0 Å². The molecular formula is C28H24F6N6O3S2. The van der Waals surface area contributed by atoms with Crippen molar-refractivity contribution in [1.82, 2.24) is 14.8 Å². The van der Waals surface area contributed by atoms with Crippen LogP contribution in [0.1, 0.15) is 18.1 Å². The number of nitrogens with zero attached hydrogens (tertiary/aromatic N) is 5. The topological polar surface area (TPSA) is 102 Å². The number of ether oxygens (including phenoxy) is 1. The third kappa shape index (κ3) is 7.32. The van der Waals surface area contributed by atoms with Crippen molar-refractivity contribution in [3.8, 4) is 17.1 Å². The number of thioether (sulfide) groups is 1. The highest BCUT2D eigenvalue weighted by Gasteiger charge is 2.65. The molecule has 0 atom stereocenters. The number of hydrogen-bond acceptors (Lipinski definition) is 6. The fraction of sp³-hybridized carbons (Fsp3) is 0.179. The number of amides is 3. The van der Waals surface area contributed by atoms with Crippen LogP contribution in [0.3, 0.4) is 0 Å². The Hall–Kier alpha value is -4.35. The second-order valence-corrected chi connectivity index (χ2v) is 13.1. The molecule has 0 unspecified atom stereocenters. The Morgan fingerprint density at radius 2 is 1.80 bits per heavy atom. The van der Waals surface area contributed by atoms with Gasteiger partial charge in [-0.2, -0.15) is 4.99 Å². The van der Waals surface area contributed by atoms with Gasteiger partial charge in [0, 0.05) is 17.7 Å². The minimum Gasteiger partial charge on any atom is -0.377 e. The van der Waals surface area contributed by atoms with Crippen LogP contribution in [0.2, 0.25) is 0 Å². The van der Waals surface area contributed by atoms with Gasteiger partial charge in [-0.15, -0.1) is 5.10 Å². The Morgan fingerprint density at radius 3 is 2.47 bits per heavy atom. The van der Waals surface area contributed by atoms with Crippen LogP contribution >= 0.6 is 22.0 Å². The standard InChI is InChI=1S/C28H24F6N6O3S2/c1-3-43-14-19-5-4-17(2)12-24(19)40-25(41)15-44-28(40)37-27(42)36-23-11-6-18(13-22(23)29)26-35-16-39(38-26)20-7-9-21(10-8-20)45(30,31,32,33)34/h4-13,16H,3,14-15H2,1-2H3,(H,36,42)/b37-28-. The minimum atomic E-state index is -9.83. The average molecular weight is 671 g/mol. The highest BCUT2D eigenvalue weighted by Crippen LogP contribution is 3.02. The molecule has 1 saturated heterocycles. The van der Waals surface area contributed by atoms with Gasteiger partial charge in [0.1, 0.15) is 17.0 Å². The molecule has 4 aromatic rings. The number of amidine groups is 1. The van der Waals surface area contributed by atoms with Crippen LogP contribution in [-0.2, 0) is 16.1 Å². The van der Waals surface area contributed by atoms with E-state index in [0.717, 1.165) is 52.1 Å². The molecule has 0 radical (unpaired) electrons. The number of carbonyl (C=O) groups is 2. The van der Waals surface area contributed by atoms with E-state index in [2.05, 4.69) is 20.4 Å². The lowest BCUT2D eigenvalue weighted by molar-refractivity contribution is -0.115. The molecule has 5 rings (SSSR count). The molecule has 1 N–H and O–H groups in total. The second kappa shape index (κ2) is 11.2. The van der Waals surface area contributed by atoms with Crippen LogP contribution in [0.25, 0.3) is 17.1 Å². The molecule has 17 heteroatoms. The van der Waals surface area contributed by atoms with E-state index in [1.807, 2.05) is 26.0 Å². The van der Waals surface area contributed by atoms with Crippen LogP contribution in [0.15, 0.2) is 76.9 Å². The summed E-state index contributed by atoms with van der Waals surface area (Å²) < 4.78 is 86.6. The van der Waals surface area contributed by atoms with Crippen molar-refractivity contribution in [3.05, 3.63) is 83.9 Å². The number of aryl methyl sites for hydroxylation is 1. The number of hydrogen-bond donors (Lipinski definition) is 1. The van der Waals surface area contributed by atoms with Crippen molar-refractivity contribution < 1.29 is 38.1 Å². The molecule has 0 bridgehead atoms. The van der Waals surface area contributed by atoms with E-state index in [-0.39, 0.29) is 58.3 Å². The first-order valence-electron chi connectivity index (χ1n) is 13.1. The number of halogens is 6. The van der Waals surface area contributed by atoms with Crippen molar-refractivity contribution in [1.29, 1.82) is 0 Å². The number of aromatic nitrogens is 3. The van der Waals surface area contributed by atoms with Gasteiger partial charge in [0.2, 0.25) is 5.91 Å². The summed E-state index contributed by atoms with van der Waals surface area (Å²) in [5, 5.41) is 6.53. The van der Waals surface area contributed by atoms with Crippen LogP contribution in [0, 0.1) is 12.7 Å². The Labute approximate surface area is 257 Å². The Bertz CT molecular complexity index is 1830. The van der Waals surface area contributed by atoms with Crippen LogP contribution in [-0.4, -0.2) is 44.2 Å². The number of carbonyl (C=O) groups excluding carboxylic acids is 2. The Balaban J connectivity index is 1.32. The van der Waals surface area contributed by atoms with E-state index >= 15 is 4.39 Å². The number of anilines is 2. The van der Waals surface area contributed by atoms with E-state index in [1.54, 1.807) is 6.07 Å². The highest BCUT2D eigenvalue weighted by atomic mass is 32.5. The zero-order valence-electron chi connectivity index (χ0n) is 23.5. The van der Waals surface area contributed by atoms with Crippen molar-refractivity contribution in [3.63, 3.8) is 0 Å². The van der Waals surface area contributed by atoms with Gasteiger partial charge in [0.05, 0.1) is 29.4 Å². The van der Waals surface area contributed by atoms with Gasteiger partial charge in [-0.25, -0.2) is 18.9 Å². The van der Waals surface area contributed by atoms with E-state index in [9.17, 15) is 29.0 Å². The summed E-state index contributed by atoms with van der Waals surface area (Å²) in [6, 6.07) is 10.3. The number of urea groups is 1. The Morgan fingerprint density at radius 1 is 1.07 bits per heavy atom. The van der Waals surface area contributed by atoms with Crippen molar-refractivity contribution in [2.45, 2.75) is 25.3 Å². The minimum absolute atomic E-state index is 0.01000. The smallest absolute Gasteiger partial charge is 0.347 e. The van der Waals surface area contributed by atoms with Crippen LogP contribution in [0.5, 0.6) is 0 Å². The highest BCUT2D eigenvalue weighted by molar-refractivity contribution is 8.45. The fourth-order valence-electron chi connectivity index (χ4n) is 4.26. The van der Waals surface area contributed by atoms with Gasteiger partial charge in [-0.3, -0.25) is 9.69 Å². The quantitative estimate of drug-likeness (QED) is 0.190. The second-order valence-electron chi connectivity index (χ2n) is 9.78. The van der Waals surface area contributed by atoms with Crippen LogP contribution in [0.4, 0.5) is 40.0 Å². The van der Waals surface area contributed by atoms with E-state index < -0.39 is 27.0 Å². The zero-order valence-corrected chi connectivity index (χ0v) is 25.2. The molecule has 0 spiro atoms. The maximum atomic E-state index is 15.0. The lowest BCUT2D eigenvalue weighted by atomic mass is 10.1. The van der Waals surface area contributed by atoms with Gasteiger partial charge in [-0.05, 0) is 67.9 Å². The fourth-order valence-corrected chi connectivity index (χ4v) is 5.77. The molecular weight excluding hydrogens is 646 g/mol. The van der Waals surface area contributed by atoms with E-state index in [4.69, 9.17) is 4.74 Å². The van der Waals surface area contributed by atoms with Crippen molar-refractivity contribution in [2.24, 2.45) is 4.99 Å². The van der Waals surface area contributed by atoms with Gasteiger partial charge in [-0.1, -0.05) is 43.3 Å². The Kier molecular flexibility index (Phi) is 7.99. The lowest BCUT2D eigenvalue weighted by Gasteiger charge is -2.40.